The van der Waals surface area contributed by atoms with Gasteiger partial charge in [-0.3, -0.25) is 0 Å². The molecule has 0 amide bonds. The number of fused-ring (bicyclic) bond motifs is 1. The van der Waals surface area contributed by atoms with Gasteiger partial charge in [-0.2, -0.15) is 0 Å². The SMILES string of the molecule is COc1ccc(C(N)c2csc3ccccc23)c(F)c1. The Kier molecular flexibility index (Phi) is 3.42. The lowest BCUT2D eigenvalue weighted by molar-refractivity contribution is 0.410. The minimum Gasteiger partial charge on any atom is -0.497 e. The largest absolute Gasteiger partial charge is 0.497 e. The van der Waals surface area contributed by atoms with E-state index in [1.165, 1.54) is 13.2 Å². The molecule has 2 nitrogen and oxygen atoms in total. The summed E-state index contributed by atoms with van der Waals surface area (Å²) < 4.78 is 20.3. The number of methoxy groups -OCH3 is 1. The minimum atomic E-state index is -0.475. The average molecular weight is 287 g/mol. The Morgan fingerprint density at radius 3 is 2.70 bits per heavy atom. The predicted octanol–water partition coefficient (Wildman–Crippen LogP) is 4.10. The molecule has 0 aliphatic carbocycles. The fourth-order valence-electron chi connectivity index (χ4n) is 2.29. The molecule has 0 saturated heterocycles. The van der Waals surface area contributed by atoms with Gasteiger partial charge in [-0.1, -0.05) is 24.3 Å². The van der Waals surface area contributed by atoms with Crippen LogP contribution < -0.4 is 10.5 Å². The van der Waals surface area contributed by atoms with E-state index >= 15 is 0 Å². The van der Waals surface area contributed by atoms with Crippen LogP contribution in [0.3, 0.4) is 0 Å². The van der Waals surface area contributed by atoms with Crippen LogP contribution in [-0.4, -0.2) is 7.11 Å². The number of hydrogen-bond donors (Lipinski definition) is 1. The standard InChI is InChI=1S/C16H14FNOS/c1-19-10-6-7-12(14(17)8-10)16(18)13-9-20-15-5-3-2-4-11(13)15/h2-9,16H,18H2,1H3. The van der Waals surface area contributed by atoms with Crippen molar-refractivity contribution in [3.63, 3.8) is 0 Å². The summed E-state index contributed by atoms with van der Waals surface area (Å²) in [6, 6.07) is 12.3. The van der Waals surface area contributed by atoms with Gasteiger partial charge in [0.05, 0.1) is 13.2 Å². The maximum absolute atomic E-state index is 14.1. The molecular formula is C16H14FNOS. The van der Waals surface area contributed by atoms with E-state index in [0.29, 0.717) is 11.3 Å². The summed E-state index contributed by atoms with van der Waals surface area (Å²) in [5, 5.41) is 3.08. The molecule has 0 aliphatic heterocycles. The molecular weight excluding hydrogens is 273 g/mol. The van der Waals surface area contributed by atoms with Crippen molar-refractivity contribution in [2.45, 2.75) is 6.04 Å². The molecule has 3 rings (SSSR count). The van der Waals surface area contributed by atoms with Gasteiger partial charge >= 0.3 is 0 Å². The Hall–Kier alpha value is -1.91. The lowest BCUT2D eigenvalue weighted by atomic mass is 9.98. The topological polar surface area (TPSA) is 35.2 Å². The van der Waals surface area contributed by atoms with Crippen molar-refractivity contribution >= 4 is 21.4 Å². The van der Waals surface area contributed by atoms with Gasteiger partial charge in [0.25, 0.3) is 0 Å². The van der Waals surface area contributed by atoms with Crippen molar-refractivity contribution < 1.29 is 9.13 Å². The first-order valence-electron chi connectivity index (χ1n) is 6.26. The first-order chi connectivity index (χ1) is 9.70. The van der Waals surface area contributed by atoms with E-state index in [9.17, 15) is 4.39 Å². The molecule has 0 aliphatic rings. The van der Waals surface area contributed by atoms with Crippen molar-refractivity contribution in [3.8, 4) is 5.75 Å². The second-order valence-corrected chi connectivity index (χ2v) is 5.46. The molecule has 2 aromatic carbocycles. The van der Waals surface area contributed by atoms with Crippen molar-refractivity contribution in [1.82, 2.24) is 0 Å². The summed E-state index contributed by atoms with van der Waals surface area (Å²) >= 11 is 1.62. The Bertz CT molecular complexity index is 753. The third kappa shape index (κ3) is 2.17. The smallest absolute Gasteiger partial charge is 0.132 e. The summed E-state index contributed by atoms with van der Waals surface area (Å²) in [5.74, 6) is 0.153. The van der Waals surface area contributed by atoms with Gasteiger partial charge in [-0.05, 0) is 28.5 Å². The summed E-state index contributed by atoms with van der Waals surface area (Å²) in [4.78, 5) is 0. The van der Waals surface area contributed by atoms with Gasteiger partial charge in [0.2, 0.25) is 0 Å². The summed E-state index contributed by atoms with van der Waals surface area (Å²) in [6.45, 7) is 0. The van der Waals surface area contributed by atoms with Gasteiger partial charge in [0, 0.05) is 16.3 Å². The maximum atomic E-state index is 14.1. The zero-order chi connectivity index (χ0) is 14.1. The summed E-state index contributed by atoms with van der Waals surface area (Å²) in [5.41, 5.74) is 7.68. The highest BCUT2D eigenvalue weighted by Crippen LogP contribution is 2.33. The fourth-order valence-corrected chi connectivity index (χ4v) is 3.29. The highest BCUT2D eigenvalue weighted by atomic mass is 32.1. The van der Waals surface area contributed by atoms with Crippen LogP contribution in [0.1, 0.15) is 17.2 Å². The molecule has 3 aromatic rings. The Labute approximate surface area is 120 Å². The Morgan fingerprint density at radius 2 is 1.95 bits per heavy atom. The quantitative estimate of drug-likeness (QED) is 0.787. The van der Waals surface area contributed by atoms with E-state index in [1.807, 2.05) is 29.6 Å². The molecule has 102 valence electrons. The molecule has 20 heavy (non-hydrogen) atoms. The van der Waals surface area contributed by atoms with Crippen LogP contribution in [0.2, 0.25) is 0 Å². The number of rotatable bonds is 3. The highest BCUT2D eigenvalue weighted by molar-refractivity contribution is 7.17. The average Bonchev–Trinajstić information content (AvgIpc) is 2.90. The number of halogens is 1. The van der Waals surface area contributed by atoms with Gasteiger partial charge < -0.3 is 10.5 Å². The minimum absolute atomic E-state index is 0.341. The van der Waals surface area contributed by atoms with Crippen molar-refractivity contribution in [1.29, 1.82) is 0 Å². The van der Waals surface area contributed by atoms with E-state index in [4.69, 9.17) is 10.5 Å². The van der Waals surface area contributed by atoms with E-state index in [-0.39, 0.29) is 5.82 Å². The van der Waals surface area contributed by atoms with E-state index in [2.05, 4.69) is 0 Å². The van der Waals surface area contributed by atoms with Gasteiger partial charge in [-0.15, -0.1) is 11.3 Å². The molecule has 1 heterocycles. The summed E-state index contributed by atoms with van der Waals surface area (Å²) in [6.07, 6.45) is 0. The fraction of sp³-hybridized carbons (Fsp3) is 0.125. The number of nitrogens with two attached hydrogens (primary N) is 1. The number of thiophene rings is 1. The van der Waals surface area contributed by atoms with Gasteiger partial charge in [0.1, 0.15) is 11.6 Å². The molecule has 4 heteroatoms. The molecule has 0 saturated carbocycles. The number of benzene rings is 2. The second-order valence-electron chi connectivity index (χ2n) is 4.55. The summed E-state index contributed by atoms with van der Waals surface area (Å²) in [7, 11) is 1.51. The molecule has 0 spiro atoms. The molecule has 0 bridgehead atoms. The third-order valence-corrected chi connectivity index (χ3v) is 4.37. The van der Waals surface area contributed by atoms with Crippen LogP contribution in [0.15, 0.2) is 47.8 Å². The van der Waals surface area contributed by atoms with E-state index in [1.54, 1.807) is 23.5 Å². The van der Waals surface area contributed by atoms with E-state index < -0.39 is 6.04 Å². The number of hydrogen-bond acceptors (Lipinski definition) is 3. The molecule has 2 N–H and O–H groups in total. The van der Waals surface area contributed by atoms with Crippen LogP contribution in [0.5, 0.6) is 5.75 Å². The van der Waals surface area contributed by atoms with Gasteiger partial charge in [0.15, 0.2) is 0 Å². The van der Waals surface area contributed by atoms with Gasteiger partial charge in [-0.25, -0.2) is 4.39 Å². The normalized spacial score (nSPS) is 12.6. The van der Waals surface area contributed by atoms with Crippen LogP contribution in [0.4, 0.5) is 4.39 Å². The monoisotopic (exact) mass is 287 g/mol. The molecule has 0 radical (unpaired) electrons. The van der Waals surface area contributed by atoms with Crippen LogP contribution in [0, 0.1) is 5.82 Å². The molecule has 1 atom stereocenters. The van der Waals surface area contributed by atoms with Crippen molar-refractivity contribution in [2.24, 2.45) is 5.73 Å². The second kappa shape index (κ2) is 5.23. The molecule has 1 unspecified atom stereocenters. The van der Waals surface area contributed by atoms with Crippen molar-refractivity contribution in [2.75, 3.05) is 7.11 Å². The Morgan fingerprint density at radius 1 is 1.15 bits per heavy atom. The molecule has 1 aromatic heterocycles. The number of ether oxygens (including phenoxy) is 1. The Balaban J connectivity index is 2.06. The van der Waals surface area contributed by atoms with Crippen molar-refractivity contribution in [3.05, 3.63) is 64.8 Å². The van der Waals surface area contributed by atoms with Crippen LogP contribution in [-0.2, 0) is 0 Å². The predicted molar refractivity (Wildman–Crippen MR) is 80.8 cm³/mol. The zero-order valence-electron chi connectivity index (χ0n) is 11.0. The van der Waals surface area contributed by atoms with Crippen LogP contribution >= 0.6 is 11.3 Å². The third-order valence-electron chi connectivity index (χ3n) is 3.39. The van der Waals surface area contributed by atoms with Crippen LogP contribution in [0.25, 0.3) is 10.1 Å². The highest BCUT2D eigenvalue weighted by Gasteiger charge is 2.17. The zero-order valence-corrected chi connectivity index (χ0v) is 11.8. The first-order valence-corrected chi connectivity index (χ1v) is 7.14. The van der Waals surface area contributed by atoms with E-state index in [0.717, 1.165) is 15.6 Å². The lowest BCUT2D eigenvalue weighted by Gasteiger charge is -2.13. The lowest BCUT2D eigenvalue weighted by Crippen LogP contribution is -2.13. The maximum Gasteiger partial charge on any atom is 0.132 e. The molecule has 0 fully saturated rings. The first kappa shape index (κ1) is 13.1.